The normalized spacial score (nSPS) is 16.7. The molecular formula is C21H26N4O3. The average Bonchev–Trinajstić information content (AvgIpc) is 3.18. The van der Waals surface area contributed by atoms with E-state index in [9.17, 15) is 9.59 Å². The van der Waals surface area contributed by atoms with Crippen molar-refractivity contribution in [3.8, 4) is 0 Å². The van der Waals surface area contributed by atoms with Crippen LogP contribution in [0.25, 0.3) is 0 Å². The molecule has 28 heavy (non-hydrogen) atoms. The van der Waals surface area contributed by atoms with Gasteiger partial charge in [-0.15, -0.1) is 0 Å². The lowest BCUT2D eigenvalue weighted by Gasteiger charge is -2.27. The van der Waals surface area contributed by atoms with E-state index in [-0.39, 0.29) is 11.8 Å². The van der Waals surface area contributed by atoms with Crippen LogP contribution >= 0.6 is 0 Å². The molecule has 2 aliphatic heterocycles. The van der Waals surface area contributed by atoms with Crippen LogP contribution in [0, 0.1) is 0 Å². The van der Waals surface area contributed by atoms with Crippen LogP contribution in [-0.4, -0.2) is 64.2 Å². The molecule has 7 heteroatoms. The number of hydrogen-bond donors (Lipinski definition) is 0. The first-order chi connectivity index (χ1) is 13.7. The molecule has 0 bridgehead atoms. The van der Waals surface area contributed by atoms with Crippen molar-refractivity contribution < 1.29 is 14.3 Å². The van der Waals surface area contributed by atoms with Crippen molar-refractivity contribution in [2.45, 2.75) is 32.4 Å². The predicted octanol–water partition coefficient (Wildman–Crippen LogP) is 1.72. The smallest absolute Gasteiger partial charge is 0.274 e. The van der Waals surface area contributed by atoms with Crippen molar-refractivity contribution >= 4 is 11.8 Å². The Bertz CT molecular complexity index is 827. The Hall–Kier alpha value is -2.67. The van der Waals surface area contributed by atoms with E-state index in [1.807, 2.05) is 33.8 Å². The molecule has 0 saturated carbocycles. The van der Waals surface area contributed by atoms with Gasteiger partial charge in [-0.2, -0.15) is 5.10 Å². The molecule has 4 rings (SSSR count). The molecule has 0 spiro atoms. The Morgan fingerprint density at radius 3 is 2.57 bits per heavy atom. The zero-order valence-electron chi connectivity index (χ0n) is 16.0. The van der Waals surface area contributed by atoms with Gasteiger partial charge in [-0.05, 0) is 24.5 Å². The minimum Gasteiger partial charge on any atom is -0.378 e. The molecule has 0 radical (unpaired) electrons. The summed E-state index contributed by atoms with van der Waals surface area (Å²) in [7, 11) is 0. The number of benzene rings is 1. The second-order valence-corrected chi connectivity index (χ2v) is 7.30. The number of carbonyl (C=O) groups is 2. The third kappa shape index (κ3) is 4.25. The molecule has 0 unspecified atom stereocenters. The quantitative estimate of drug-likeness (QED) is 0.790. The number of aryl methyl sites for hydroxylation is 1. The van der Waals surface area contributed by atoms with Gasteiger partial charge in [-0.1, -0.05) is 30.3 Å². The van der Waals surface area contributed by atoms with Gasteiger partial charge in [0, 0.05) is 26.1 Å². The van der Waals surface area contributed by atoms with Crippen LogP contribution in [0.15, 0.2) is 36.4 Å². The Kier molecular flexibility index (Phi) is 5.71. The molecular weight excluding hydrogens is 356 g/mol. The van der Waals surface area contributed by atoms with Gasteiger partial charge in [0.15, 0.2) is 5.69 Å². The van der Waals surface area contributed by atoms with Crippen molar-refractivity contribution in [3.05, 3.63) is 53.3 Å². The first-order valence-corrected chi connectivity index (χ1v) is 9.96. The Balaban J connectivity index is 1.32. The van der Waals surface area contributed by atoms with E-state index >= 15 is 0 Å². The molecule has 1 saturated heterocycles. The first kappa shape index (κ1) is 18.7. The zero-order valence-corrected chi connectivity index (χ0v) is 16.0. The number of fused-ring (bicyclic) bond motifs is 1. The Morgan fingerprint density at radius 2 is 1.79 bits per heavy atom. The highest BCUT2D eigenvalue weighted by Crippen LogP contribution is 2.17. The van der Waals surface area contributed by atoms with Crippen molar-refractivity contribution in [1.82, 2.24) is 19.6 Å². The third-order valence-electron chi connectivity index (χ3n) is 5.37. The molecule has 1 aromatic heterocycles. The maximum Gasteiger partial charge on any atom is 0.274 e. The number of ether oxygens (including phenoxy) is 1. The van der Waals surface area contributed by atoms with Gasteiger partial charge in [-0.25, -0.2) is 0 Å². The molecule has 1 fully saturated rings. The van der Waals surface area contributed by atoms with Crippen LogP contribution in [-0.2, 0) is 29.0 Å². The van der Waals surface area contributed by atoms with E-state index in [4.69, 9.17) is 4.74 Å². The molecule has 7 nitrogen and oxygen atoms in total. The molecule has 1 aromatic carbocycles. The molecule has 3 heterocycles. The van der Waals surface area contributed by atoms with E-state index in [2.05, 4.69) is 17.2 Å². The fourth-order valence-electron chi connectivity index (χ4n) is 3.76. The fraction of sp³-hybridized carbons (Fsp3) is 0.476. The molecule has 0 atom stereocenters. The second kappa shape index (κ2) is 8.56. The maximum atomic E-state index is 12.6. The van der Waals surface area contributed by atoms with Gasteiger partial charge in [-0.3, -0.25) is 14.3 Å². The summed E-state index contributed by atoms with van der Waals surface area (Å²) in [6.45, 7) is 4.16. The van der Waals surface area contributed by atoms with Crippen molar-refractivity contribution in [2.75, 3.05) is 32.8 Å². The van der Waals surface area contributed by atoms with Crippen LogP contribution < -0.4 is 0 Å². The van der Waals surface area contributed by atoms with Crippen molar-refractivity contribution in [2.24, 2.45) is 0 Å². The molecule has 2 aromatic rings. The van der Waals surface area contributed by atoms with Crippen molar-refractivity contribution in [1.29, 1.82) is 0 Å². The van der Waals surface area contributed by atoms with Crippen molar-refractivity contribution in [3.63, 3.8) is 0 Å². The standard InChI is InChI=1S/C21H26N4O3/c26-20(8-4-7-17-5-2-1-3-6-17)24-9-10-25-18(16-24)15-19(22-25)21(27)23-11-13-28-14-12-23/h1-3,5-6,15H,4,7-14,16H2. The predicted molar refractivity (Wildman–Crippen MR) is 104 cm³/mol. The highest BCUT2D eigenvalue weighted by Gasteiger charge is 2.26. The number of morpholine rings is 1. The van der Waals surface area contributed by atoms with E-state index in [1.165, 1.54) is 5.56 Å². The summed E-state index contributed by atoms with van der Waals surface area (Å²) in [5.41, 5.74) is 2.66. The number of carbonyl (C=O) groups excluding carboxylic acids is 2. The summed E-state index contributed by atoms with van der Waals surface area (Å²) >= 11 is 0. The number of hydrogen-bond acceptors (Lipinski definition) is 4. The molecule has 0 aliphatic carbocycles. The van der Waals surface area contributed by atoms with Gasteiger partial charge in [0.25, 0.3) is 5.91 Å². The Labute approximate surface area is 164 Å². The van der Waals surface area contributed by atoms with Crippen LogP contribution in [0.2, 0.25) is 0 Å². The summed E-state index contributed by atoms with van der Waals surface area (Å²) < 4.78 is 7.17. The van der Waals surface area contributed by atoms with Gasteiger partial charge < -0.3 is 14.5 Å². The van der Waals surface area contributed by atoms with Crippen LogP contribution in [0.3, 0.4) is 0 Å². The summed E-state index contributed by atoms with van der Waals surface area (Å²) in [4.78, 5) is 28.9. The average molecular weight is 382 g/mol. The van der Waals surface area contributed by atoms with Crippen LogP contribution in [0.5, 0.6) is 0 Å². The second-order valence-electron chi connectivity index (χ2n) is 7.30. The maximum absolute atomic E-state index is 12.6. The van der Waals surface area contributed by atoms with Crippen LogP contribution in [0.4, 0.5) is 0 Å². The molecule has 148 valence electrons. The molecule has 2 amide bonds. The van der Waals surface area contributed by atoms with E-state index < -0.39 is 0 Å². The SMILES string of the molecule is O=C(CCCc1ccccc1)N1CCn2nc(C(=O)N3CCOCC3)cc2C1. The zero-order chi connectivity index (χ0) is 19.3. The van der Waals surface area contributed by atoms with Gasteiger partial charge in [0.1, 0.15) is 0 Å². The number of rotatable bonds is 5. The minimum absolute atomic E-state index is 0.0501. The topological polar surface area (TPSA) is 67.7 Å². The Morgan fingerprint density at radius 1 is 1.00 bits per heavy atom. The largest absolute Gasteiger partial charge is 0.378 e. The lowest BCUT2D eigenvalue weighted by atomic mass is 10.1. The summed E-state index contributed by atoms with van der Waals surface area (Å²) in [6, 6.07) is 12.1. The van der Waals surface area contributed by atoms with E-state index in [0.29, 0.717) is 58.1 Å². The highest BCUT2D eigenvalue weighted by atomic mass is 16.5. The first-order valence-electron chi connectivity index (χ1n) is 9.96. The van der Waals surface area contributed by atoms with Gasteiger partial charge in [0.05, 0.1) is 32.0 Å². The molecule has 2 aliphatic rings. The summed E-state index contributed by atoms with van der Waals surface area (Å²) in [5.74, 6) is 0.121. The fourth-order valence-corrected chi connectivity index (χ4v) is 3.76. The highest BCUT2D eigenvalue weighted by molar-refractivity contribution is 5.92. The van der Waals surface area contributed by atoms with Crippen LogP contribution in [0.1, 0.15) is 34.6 Å². The van der Waals surface area contributed by atoms with E-state index in [1.54, 1.807) is 4.90 Å². The summed E-state index contributed by atoms with van der Waals surface area (Å²) in [5, 5.41) is 4.47. The van der Waals surface area contributed by atoms with Gasteiger partial charge in [0.2, 0.25) is 5.91 Å². The number of aromatic nitrogens is 2. The lowest BCUT2D eigenvalue weighted by molar-refractivity contribution is -0.132. The summed E-state index contributed by atoms with van der Waals surface area (Å²) in [6.07, 6.45) is 2.30. The lowest BCUT2D eigenvalue weighted by Crippen LogP contribution is -2.41. The third-order valence-corrected chi connectivity index (χ3v) is 5.37. The monoisotopic (exact) mass is 382 g/mol. The number of nitrogens with zero attached hydrogens (tertiary/aromatic N) is 4. The molecule has 0 N–H and O–H groups in total. The minimum atomic E-state index is -0.0501. The number of amides is 2. The van der Waals surface area contributed by atoms with Gasteiger partial charge >= 0.3 is 0 Å². The van der Waals surface area contributed by atoms with E-state index in [0.717, 1.165) is 18.5 Å².